The van der Waals surface area contributed by atoms with Crippen LogP contribution < -0.4 is 27.6 Å². The van der Waals surface area contributed by atoms with Crippen molar-refractivity contribution >= 4 is 22.5 Å². The Hall–Kier alpha value is -3.06. The largest absolute Gasteiger partial charge is 1.00 e. The van der Waals surface area contributed by atoms with Crippen molar-refractivity contribution in [3.8, 4) is 5.75 Å². The van der Waals surface area contributed by atoms with Gasteiger partial charge in [0, 0.05) is 44.7 Å². The Morgan fingerprint density at radius 1 is 0.970 bits per heavy atom. The molecule has 0 aliphatic carbocycles. The van der Waals surface area contributed by atoms with Crippen molar-refractivity contribution in [1.29, 1.82) is 0 Å². The first-order valence-corrected chi connectivity index (χ1v) is 11.4. The lowest BCUT2D eigenvalue weighted by atomic mass is 10.1. The van der Waals surface area contributed by atoms with Crippen LogP contribution in [0.15, 0.2) is 47.3 Å². The first-order chi connectivity index (χ1) is 15.7. The Balaban J connectivity index is 0.00000259. The predicted molar refractivity (Wildman–Crippen MR) is 125 cm³/mol. The monoisotopic (exact) mass is 467 g/mol. The Labute approximate surface area is 199 Å². The molecule has 1 saturated heterocycles. The van der Waals surface area contributed by atoms with Crippen molar-refractivity contribution in [2.75, 3.05) is 38.2 Å². The highest BCUT2D eigenvalue weighted by molar-refractivity contribution is 5.97. The summed E-state index contributed by atoms with van der Waals surface area (Å²) < 4.78 is 7.30. The molecule has 174 valence electrons. The maximum Gasteiger partial charge on any atom is 0.261 e. The number of aromatic nitrogens is 2. The van der Waals surface area contributed by atoms with Crippen LogP contribution >= 0.6 is 0 Å². The minimum absolute atomic E-state index is 0. The number of hydrogen-bond acceptors (Lipinski definition) is 5. The zero-order valence-electron chi connectivity index (χ0n) is 18.8. The van der Waals surface area contributed by atoms with Crippen LogP contribution in [0, 0.1) is 0 Å². The number of benzene rings is 2. The van der Waals surface area contributed by atoms with Crippen molar-refractivity contribution in [3.63, 3.8) is 0 Å². The molecule has 7 nitrogen and oxygen atoms in total. The van der Waals surface area contributed by atoms with Crippen LogP contribution in [-0.2, 0) is 13.0 Å². The van der Waals surface area contributed by atoms with E-state index in [9.17, 15) is 9.59 Å². The summed E-state index contributed by atoms with van der Waals surface area (Å²) in [4.78, 5) is 35.0. The van der Waals surface area contributed by atoms with E-state index in [2.05, 4.69) is 4.90 Å². The van der Waals surface area contributed by atoms with Crippen LogP contribution in [0.3, 0.4) is 0 Å². The summed E-state index contributed by atoms with van der Waals surface area (Å²) in [6.45, 7) is 3.48. The highest BCUT2D eigenvalue weighted by atomic mass is 35.5. The summed E-state index contributed by atoms with van der Waals surface area (Å²) in [6.07, 6.45) is 3.99. The summed E-state index contributed by atoms with van der Waals surface area (Å²) in [5, 5.41) is 0.591. The maximum atomic E-state index is 13.2. The van der Waals surface area contributed by atoms with E-state index < -0.39 is 0 Å². The summed E-state index contributed by atoms with van der Waals surface area (Å²) in [7, 11) is 1.68. The average molecular weight is 468 g/mol. The van der Waals surface area contributed by atoms with Crippen molar-refractivity contribution in [2.45, 2.75) is 32.2 Å². The van der Waals surface area contributed by atoms with Gasteiger partial charge in [-0.1, -0.05) is 18.6 Å². The molecule has 0 atom stereocenters. The van der Waals surface area contributed by atoms with Gasteiger partial charge in [-0.2, -0.15) is 0 Å². The lowest BCUT2D eigenvalue weighted by molar-refractivity contribution is -0.0000167. The third-order valence-electron chi connectivity index (χ3n) is 6.56. The highest BCUT2D eigenvalue weighted by Crippen LogP contribution is 2.28. The molecule has 0 radical (unpaired) electrons. The molecule has 3 heterocycles. The molecule has 2 aromatic carbocycles. The number of carbonyl (C=O) groups is 1. The number of nitrogens with zero attached hydrogens (tertiary/aromatic N) is 4. The Morgan fingerprint density at radius 3 is 2.55 bits per heavy atom. The first-order valence-electron chi connectivity index (χ1n) is 11.4. The van der Waals surface area contributed by atoms with E-state index in [1.54, 1.807) is 25.3 Å². The molecule has 0 bridgehead atoms. The molecular formula is C25H28ClN4O3-. The minimum Gasteiger partial charge on any atom is -1.00 e. The standard InChI is InChI=1S/C25H28N4O3.ClH/c1-32-22-8-5-4-7-21(22)27-13-15-28(16-14-27)24(30)18-10-11-19-20(17-18)26-23-9-3-2-6-12-29(23)25(19)31;/h4-5,7-8,10-11,17H,2-3,6,9,12-16H2,1H3;1H/p-1. The number of rotatable bonds is 3. The van der Waals surface area contributed by atoms with E-state index >= 15 is 0 Å². The second-order valence-electron chi connectivity index (χ2n) is 8.48. The van der Waals surface area contributed by atoms with Gasteiger partial charge in [0.25, 0.3) is 11.5 Å². The second-order valence-corrected chi connectivity index (χ2v) is 8.48. The average Bonchev–Trinajstić information content (AvgIpc) is 3.09. The molecule has 2 aliphatic heterocycles. The summed E-state index contributed by atoms with van der Waals surface area (Å²) >= 11 is 0. The lowest BCUT2D eigenvalue weighted by Crippen LogP contribution is -3.00. The number of aryl methyl sites for hydroxylation is 1. The maximum absolute atomic E-state index is 13.2. The molecule has 1 amide bonds. The summed E-state index contributed by atoms with van der Waals surface area (Å²) in [5.74, 6) is 1.68. The third-order valence-corrected chi connectivity index (χ3v) is 6.56. The molecule has 0 N–H and O–H groups in total. The van der Waals surface area contributed by atoms with Crippen molar-refractivity contribution in [2.24, 2.45) is 0 Å². The van der Waals surface area contributed by atoms with Crippen LogP contribution in [0.4, 0.5) is 5.69 Å². The van der Waals surface area contributed by atoms with Gasteiger partial charge in [0.2, 0.25) is 0 Å². The van der Waals surface area contributed by atoms with E-state index in [1.165, 1.54) is 0 Å². The highest BCUT2D eigenvalue weighted by Gasteiger charge is 2.24. The van der Waals surface area contributed by atoms with Crippen LogP contribution in [0.25, 0.3) is 10.9 Å². The summed E-state index contributed by atoms with van der Waals surface area (Å²) in [5.41, 5.74) is 2.28. The smallest absolute Gasteiger partial charge is 0.261 e. The van der Waals surface area contributed by atoms with Gasteiger partial charge in [0.05, 0.1) is 23.7 Å². The van der Waals surface area contributed by atoms with Crippen molar-refractivity contribution < 1.29 is 21.9 Å². The van der Waals surface area contributed by atoms with E-state index in [4.69, 9.17) is 9.72 Å². The molecule has 1 fully saturated rings. The minimum atomic E-state index is -0.0107. The molecule has 33 heavy (non-hydrogen) atoms. The van der Waals surface area contributed by atoms with Gasteiger partial charge in [-0.15, -0.1) is 0 Å². The molecule has 1 aromatic heterocycles. The SMILES string of the molecule is COc1ccccc1N1CCN(C(=O)c2ccc3c(=O)n4c(nc3c2)CCCCC4)CC1.[Cl-]. The van der Waals surface area contributed by atoms with Gasteiger partial charge in [-0.05, 0) is 43.2 Å². The van der Waals surface area contributed by atoms with Crippen LogP contribution in [-0.4, -0.2) is 53.6 Å². The van der Waals surface area contributed by atoms with E-state index in [0.717, 1.165) is 62.6 Å². The van der Waals surface area contributed by atoms with Crippen LogP contribution in [0.1, 0.15) is 35.4 Å². The fourth-order valence-corrected chi connectivity index (χ4v) is 4.78. The van der Waals surface area contributed by atoms with Gasteiger partial charge in [-0.3, -0.25) is 14.2 Å². The molecule has 2 aliphatic rings. The van der Waals surface area contributed by atoms with Gasteiger partial charge >= 0.3 is 0 Å². The fourth-order valence-electron chi connectivity index (χ4n) is 4.78. The molecule has 5 rings (SSSR count). The number of methoxy groups -OCH3 is 1. The lowest BCUT2D eigenvalue weighted by Gasteiger charge is -2.36. The molecule has 8 heteroatoms. The van der Waals surface area contributed by atoms with Crippen molar-refractivity contribution in [3.05, 3.63) is 64.2 Å². The number of anilines is 1. The normalized spacial score (nSPS) is 16.0. The first kappa shape index (κ1) is 23.1. The van der Waals surface area contributed by atoms with Crippen LogP contribution in [0.5, 0.6) is 5.75 Å². The Bertz CT molecular complexity index is 1220. The van der Waals surface area contributed by atoms with Gasteiger partial charge in [0.1, 0.15) is 11.6 Å². The number of halogens is 1. The van der Waals surface area contributed by atoms with Gasteiger partial charge < -0.3 is 26.9 Å². The number of para-hydroxylation sites is 2. The summed E-state index contributed by atoms with van der Waals surface area (Å²) in [6, 6.07) is 13.3. The van der Waals surface area contributed by atoms with E-state index in [0.29, 0.717) is 29.6 Å². The van der Waals surface area contributed by atoms with Crippen molar-refractivity contribution in [1.82, 2.24) is 14.5 Å². The second kappa shape index (κ2) is 9.83. The predicted octanol–water partition coefficient (Wildman–Crippen LogP) is 0.0979. The third kappa shape index (κ3) is 4.42. The van der Waals surface area contributed by atoms with Crippen LogP contribution in [0.2, 0.25) is 0 Å². The zero-order chi connectivity index (χ0) is 22.1. The van der Waals surface area contributed by atoms with E-state index in [-0.39, 0.29) is 23.9 Å². The molecular weight excluding hydrogens is 440 g/mol. The topological polar surface area (TPSA) is 67.7 Å². The van der Waals surface area contributed by atoms with Gasteiger partial charge in [-0.25, -0.2) is 4.98 Å². The van der Waals surface area contributed by atoms with E-state index in [1.807, 2.05) is 33.7 Å². The number of fused-ring (bicyclic) bond motifs is 2. The Kier molecular flexibility index (Phi) is 6.88. The molecule has 0 unspecified atom stereocenters. The molecule has 0 saturated carbocycles. The Morgan fingerprint density at radius 2 is 1.76 bits per heavy atom. The number of piperazine rings is 1. The fraction of sp³-hybridized carbons (Fsp3) is 0.400. The number of ether oxygens (including phenoxy) is 1. The number of carbonyl (C=O) groups excluding carboxylic acids is 1. The molecule has 3 aromatic rings. The zero-order valence-corrected chi connectivity index (χ0v) is 19.6. The molecule has 0 spiro atoms. The quantitative estimate of drug-likeness (QED) is 0.546. The number of amides is 1. The number of hydrogen-bond donors (Lipinski definition) is 0. The van der Waals surface area contributed by atoms with Gasteiger partial charge in [0.15, 0.2) is 0 Å².